The smallest absolute Gasteiger partial charge is 0.342 e. The molecule has 0 aliphatic carbocycles. The monoisotopic (exact) mass is 346 g/mol. The lowest BCUT2D eigenvalue weighted by Gasteiger charge is -2.15. The first kappa shape index (κ1) is 18.4. The molecule has 2 aromatic rings. The van der Waals surface area contributed by atoms with Crippen LogP contribution in [-0.2, 0) is 16.1 Å². The van der Waals surface area contributed by atoms with Gasteiger partial charge in [0.2, 0.25) is 0 Å². The Morgan fingerprint density at radius 2 is 1.44 bits per heavy atom. The summed E-state index contributed by atoms with van der Waals surface area (Å²) in [5.74, 6) is -2.34. The molecule has 0 unspecified atom stereocenters. The van der Waals surface area contributed by atoms with Gasteiger partial charge >= 0.3 is 11.9 Å². The summed E-state index contributed by atoms with van der Waals surface area (Å²) in [6.07, 6.45) is 0. The van der Waals surface area contributed by atoms with Crippen molar-refractivity contribution in [2.24, 2.45) is 0 Å². The molecule has 5 nitrogen and oxygen atoms in total. The van der Waals surface area contributed by atoms with Crippen molar-refractivity contribution in [3.05, 3.63) is 65.0 Å². The fourth-order valence-electron chi connectivity index (χ4n) is 2.20. The summed E-state index contributed by atoms with van der Waals surface area (Å²) in [6.45, 7) is 3.59. The molecule has 2 aromatic carbocycles. The van der Waals surface area contributed by atoms with Gasteiger partial charge in [-0.2, -0.15) is 0 Å². The molecule has 0 aliphatic rings. The first-order valence-corrected chi connectivity index (χ1v) is 7.91. The Hall–Kier alpha value is -2.89. The van der Waals surface area contributed by atoms with Gasteiger partial charge in [-0.25, -0.2) is 14.0 Å². The average Bonchev–Trinajstić information content (AvgIpc) is 2.61. The van der Waals surface area contributed by atoms with E-state index in [4.69, 9.17) is 14.2 Å². The van der Waals surface area contributed by atoms with Crippen LogP contribution < -0.4 is 4.74 Å². The Bertz CT molecular complexity index is 704. The van der Waals surface area contributed by atoms with Gasteiger partial charge in [-0.05, 0) is 31.5 Å². The van der Waals surface area contributed by atoms with Crippen LogP contribution in [-0.4, -0.2) is 25.2 Å². The molecule has 0 bridgehead atoms. The number of carbonyl (C=O) groups is 2. The molecule has 0 fully saturated rings. The molecule has 0 spiro atoms. The third kappa shape index (κ3) is 4.79. The summed E-state index contributed by atoms with van der Waals surface area (Å²) >= 11 is 0. The Balaban J connectivity index is 2.43. The van der Waals surface area contributed by atoms with Crippen molar-refractivity contribution in [2.45, 2.75) is 20.5 Å². The van der Waals surface area contributed by atoms with Crippen molar-refractivity contribution < 1.29 is 28.2 Å². The fraction of sp³-hybridized carbons (Fsp3) is 0.263. The summed E-state index contributed by atoms with van der Waals surface area (Å²) < 4.78 is 29.4. The van der Waals surface area contributed by atoms with Crippen molar-refractivity contribution in [1.82, 2.24) is 0 Å². The number of halogens is 1. The van der Waals surface area contributed by atoms with Crippen LogP contribution in [0.25, 0.3) is 0 Å². The number of hydrogen-bond donors (Lipinski definition) is 0. The lowest BCUT2D eigenvalue weighted by molar-refractivity contribution is 0.0513. The summed E-state index contributed by atoms with van der Waals surface area (Å²) in [4.78, 5) is 24.3. The third-order valence-electron chi connectivity index (χ3n) is 3.27. The summed E-state index contributed by atoms with van der Waals surface area (Å²) in [7, 11) is 0. The topological polar surface area (TPSA) is 61.8 Å². The molecule has 0 aromatic heterocycles. The van der Waals surface area contributed by atoms with Gasteiger partial charge in [0.05, 0.1) is 13.2 Å². The second-order valence-electron chi connectivity index (χ2n) is 5.05. The maximum Gasteiger partial charge on any atom is 0.342 e. The molecule has 25 heavy (non-hydrogen) atoms. The zero-order valence-electron chi connectivity index (χ0n) is 14.1. The molecular weight excluding hydrogens is 327 g/mol. The Morgan fingerprint density at radius 3 is 1.92 bits per heavy atom. The van der Waals surface area contributed by atoms with Crippen LogP contribution in [0.15, 0.2) is 42.5 Å². The summed E-state index contributed by atoms with van der Waals surface area (Å²) in [5, 5.41) is 0. The molecule has 0 saturated heterocycles. The van der Waals surface area contributed by atoms with Gasteiger partial charge in [-0.1, -0.05) is 30.3 Å². The molecule has 2 rings (SSSR count). The van der Waals surface area contributed by atoms with Crippen LogP contribution in [0.4, 0.5) is 4.39 Å². The number of ether oxygens (including phenoxy) is 3. The van der Waals surface area contributed by atoms with Gasteiger partial charge in [-0.15, -0.1) is 0 Å². The van der Waals surface area contributed by atoms with E-state index in [-0.39, 0.29) is 36.7 Å². The van der Waals surface area contributed by atoms with Crippen LogP contribution in [0.1, 0.15) is 40.1 Å². The fourth-order valence-corrected chi connectivity index (χ4v) is 2.20. The van der Waals surface area contributed by atoms with Crippen LogP contribution >= 0.6 is 0 Å². The first-order valence-electron chi connectivity index (χ1n) is 7.91. The van der Waals surface area contributed by atoms with Gasteiger partial charge in [0.1, 0.15) is 29.3 Å². The maximum atomic E-state index is 13.9. The Morgan fingerprint density at radius 1 is 0.920 bits per heavy atom. The predicted molar refractivity (Wildman–Crippen MR) is 89.1 cm³/mol. The number of esters is 2. The van der Waals surface area contributed by atoms with Gasteiger partial charge in [0.25, 0.3) is 0 Å². The van der Waals surface area contributed by atoms with Gasteiger partial charge < -0.3 is 14.2 Å². The SMILES string of the molecule is CCOC(=O)c1cc(F)cc(C(=O)OCC)c1OCc1ccccc1. The summed E-state index contributed by atoms with van der Waals surface area (Å²) in [5.41, 5.74) is 0.526. The van der Waals surface area contributed by atoms with Gasteiger partial charge in [0, 0.05) is 0 Å². The molecule has 132 valence electrons. The number of hydrogen-bond acceptors (Lipinski definition) is 5. The second-order valence-corrected chi connectivity index (χ2v) is 5.05. The third-order valence-corrected chi connectivity index (χ3v) is 3.27. The number of benzene rings is 2. The van der Waals surface area contributed by atoms with E-state index in [9.17, 15) is 14.0 Å². The molecule has 0 radical (unpaired) electrons. The highest BCUT2D eigenvalue weighted by Crippen LogP contribution is 2.28. The molecule has 0 atom stereocenters. The maximum absolute atomic E-state index is 13.9. The highest BCUT2D eigenvalue weighted by atomic mass is 19.1. The van der Waals surface area contributed by atoms with E-state index in [0.29, 0.717) is 0 Å². The molecular formula is C19H19FO5. The molecule has 0 heterocycles. The van der Waals surface area contributed by atoms with Crippen molar-refractivity contribution in [2.75, 3.05) is 13.2 Å². The van der Waals surface area contributed by atoms with E-state index in [1.165, 1.54) is 0 Å². The minimum Gasteiger partial charge on any atom is -0.487 e. The largest absolute Gasteiger partial charge is 0.487 e. The molecule has 0 saturated carbocycles. The molecule has 0 amide bonds. The van der Waals surface area contributed by atoms with Crippen LogP contribution in [0, 0.1) is 5.82 Å². The van der Waals surface area contributed by atoms with E-state index in [1.54, 1.807) is 13.8 Å². The summed E-state index contributed by atoms with van der Waals surface area (Å²) in [6, 6.07) is 11.2. The number of rotatable bonds is 7. The van der Waals surface area contributed by atoms with E-state index in [2.05, 4.69) is 0 Å². The zero-order valence-corrected chi connectivity index (χ0v) is 14.1. The van der Waals surface area contributed by atoms with Crippen molar-refractivity contribution in [3.63, 3.8) is 0 Å². The van der Waals surface area contributed by atoms with Crippen molar-refractivity contribution in [3.8, 4) is 5.75 Å². The van der Waals surface area contributed by atoms with E-state index in [0.717, 1.165) is 17.7 Å². The highest BCUT2D eigenvalue weighted by molar-refractivity contribution is 6.00. The molecule has 0 N–H and O–H groups in total. The molecule has 0 aliphatic heterocycles. The van der Waals surface area contributed by atoms with Crippen LogP contribution in [0.2, 0.25) is 0 Å². The van der Waals surface area contributed by atoms with Gasteiger partial charge in [-0.3, -0.25) is 0 Å². The lowest BCUT2D eigenvalue weighted by atomic mass is 10.1. The normalized spacial score (nSPS) is 10.2. The lowest BCUT2D eigenvalue weighted by Crippen LogP contribution is -2.14. The molecule has 6 heteroatoms. The minimum atomic E-state index is -0.768. The first-order chi connectivity index (χ1) is 12.1. The van der Waals surface area contributed by atoms with Crippen molar-refractivity contribution in [1.29, 1.82) is 0 Å². The van der Waals surface area contributed by atoms with E-state index >= 15 is 0 Å². The van der Waals surface area contributed by atoms with Crippen molar-refractivity contribution >= 4 is 11.9 Å². The van der Waals surface area contributed by atoms with Crippen LogP contribution in [0.5, 0.6) is 5.75 Å². The second kappa shape index (κ2) is 8.82. The average molecular weight is 346 g/mol. The standard InChI is InChI=1S/C19H19FO5/c1-3-23-18(21)15-10-14(20)11-16(19(22)24-4-2)17(15)25-12-13-8-6-5-7-9-13/h5-11H,3-4,12H2,1-2H3. The van der Waals surface area contributed by atoms with Crippen LogP contribution in [0.3, 0.4) is 0 Å². The highest BCUT2D eigenvalue weighted by Gasteiger charge is 2.24. The number of carbonyl (C=O) groups excluding carboxylic acids is 2. The Labute approximate surface area is 145 Å². The Kier molecular flexibility index (Phi) is 6.51. The predicted octanol–water partition coefficient (Wildman–Crippen LogP) is 3.76. The van der Waals surface area contributed by atoms with E-state index < -0.39 is 17.8 Å². The van der Waals surface area contributed by atoms with E-state index in [1.807, 2.05) is 30.3 Å². The zero-order chi connectivity index (χ0) is 18.2. The minimum absolute atomic E-state index is 0.0536. The van der Waals surface area contributed by atoms with Gasteiger partial charge in [0.15, 0.2) is 0 Å². The quantitative estimate of drug-likeness (QED) is 0.715.